The molecule has 1 amide bonds. The summed E-state index contributed by atoms with van der Waals surface area (Å²) in [5, 5.41) is 0. The quantitative estimate of drug-likeness (QED) is 0.823. The molecule has 6 nitrogen and oxygen atoms in total. The first kappa shape index (κ1) is 18.9. The van der Waals surface area contributed by atoms with Gasteiger partial charge in [0.1, 0.15) is 5.56 Å². The molecule has 0 spiro atoms. The summed E-state index contributed by atoms with van der Waals surface area (Å²) >= 11 is 0. The van der Waals surface area contributed by atoms with E-state index in [9.17, 15) is 14.4 Å². The minimum Gasteiger partial charge on any atom is -0.466 e. The molecule has 3 rings (SSSR count). The van der Waals surface area contributed by atoms with E-state index in [1.165, 1.54) is 0 Å². The number of esters is 1. The summed E-state index contributed by atoms with van der Waals surface area (Å²) in [6.45, 7) is 2.62. The number of nitrogens with zero attached hydrogens (tertiary/aromatic N) is 1. The SMILES string of the molecule is CCOC(=O)C[C@@H]1CCCCN1C(=O)c1ccc(-c2ccccc2)[nH]c1=O. The first-order valence-electron chi connectivity index (χ1n) is 9.35. The fraction of sp³-hybridized carbons (Fsp3) is 0.381. The summed E-state index contributed by atoms with van der Waals surface area (Å²) in [7, 11) is 0. The smallest absolute Gasteiger partial charge is 0.307 e. The Hall–Kier alpha value is -2.89. The number of ether oxygens (including phenoxy) is 1. The number of carbonyl (C=O) groups excluding carboxylic acids is 2. The molecule has 1 aliphatic rings. The van der Waals surface area contributed by atoms with E-state index in [2.05, 4.69) is 4.98 Å². The Bertz CT molecular complexity index is 860. The topological polar surface area (TPSA) is 79.5 Å². The molecule has 6 heteroatoms. The second-order valence-corrected chi connectivity index (χ2v) is 6.64. The van der Waals surface area contributed by atoms with Gasteiger partial charge in [0.05, 0.1) is 13.0 Å². The van der Waals surface area contributed by atoms with E-state index in [0.29, 0.717) is 18.8 Å². The summed E-state index contributed by atoms with van der Waals surface area (Å²) in [4.78, 5) is 41.8. The van der Waals surface area contributed by atoms with E-state index < -0.39 is 5.56 Å². The number of aromatic nitrogens is 1. The zero-order chi connectivity index (χ0) is 19.2. The van der Waals surface area contributed by atoms with Gasteiger partial charge in [-0.05, 0) is 43.9 Å². The molecule has 0 aliphatic carbocycles. The van der Waals surface area contributed by atoms with Crippen LogP contribution in [0.1, 0.15) is 43.0 Å². The van der Waals surface area contributed by atoms with Crippen LogP contribution in [-0.2, 0) is 9.53 Å². The number of benzene rings is 1. The van der Waals surface area contributed by atoms with Crippen molar-refractivity contribution in [3.05, 3.63) is 58.4 Å². The fourth-order valence-corrected chi connectivity index (χ4v) is 3.48. The second-order valence-electron chi connectivity index (χ2n) is 6.64. The first-order valence-corrected chi connectivity index (χ1v) is 9.35. The van der Waals surface area contributed by atoms with Crippen LogP contribution in [0.2, 0.25) is 0 Å². The molecule has 1 aromatic heterocycles. The lowest BCUT2D eigenvalue weighted by Crippen LogP contribution is -2.46. The van der Waals surface area contributed by atoms with Crippen molar-refractivity contribution >= 4 is 11.9 Å². The van der Waals surface area contributed by atoms with Crippen LogP contribution in [0.4, 0.5) is 0 Å². The maximum atomic E-state index is 13.0. The van der Waals surface area contributed by atoms with Crippen molar-refractivity contribution in [2.24, 2.45) is 0 Å². The van der Waals surface area contributed by atoms with Crippen LogP contribution in [0.15, 0.2) is 47.3 Å². The van der Waals surface area contributed by atoms with Gasteiger partial charge in [-0.3, -0.25) is 14.4 Å². The zero-order valence-corrected chi connectivity index (χ0v) is 15.4. The minimum atomic E-state index is -0.415. The Morgan fingerprint density at radius 2 is 1.93 bits per heavy atom. The third kappa shape index (κ3) is 4.45. The van der Waals surface area contributed by atoms with E-state index >= 15 is 0 Å². The highest BCUT2D eigenvalue weighted by molar-refractivity contribution is 5.94. The van der Waals surface area contributed by atoms with E-state index in [4.69, 9.17) is 4.74 Å². The lowest BCUT2D eigenvalue weighted by molar-refractivity contribution is -0.144. The molecule has 2 aromatic rings. The average Bonchev–Trinajstić information content (AvgIpc) is 2.69. The number of pyridine rings is 1. The minimum absolute atomic E-state index is 0.102. The highest BCUT2D eigenvalue weighted by Gasteiger charge is 2.30. The van der Waals surface area contributed by atoms with Gasteiger partial charge >= 0.3 is 5.97 Å². The number of hydrogen-bond acceptors (Lipinski definition) is 4. The van der Waals surface area contributed by atoms with Gasteiger partial charge in [0, 0.05) is 18.3 Å². The molecule has 0 unspecified atom stereocenters. The number of H-pyrrole nitrogens is 1. The van der Waals surface area contributed by atoms with E-state index in [1.807, 2.05) is 30.3 Å². The van der Waals surface area contributed by atoms with Gasteiger partial charge < -0.3 is 14.6 Å². The lowest BCUT2D eigenvalue weighted by atomic mass is 9.98. The highest BCUT2D eigenvalue weighted by Crippen LogP contribution is 2.22. The van der Waals surface area contributed by atoms with Gasteiger partial charge in [0.25, 0.3) is 11.5 Å². The molecule has 0 bridgehead atoms. The van der Waals surface area contributed by atoms with Crippen molar-refractivity contribution in [1.82, 2.24) is 9.88 Å². The number of nitrogens with one attached hydrogen (secondary N) is 1. The highest BCUT2D eigenvalue weighted by atomic mass is 16.5. The lowest BCUT2D eigenvalue weighted by Gasteiger charge is -2.35. The van der Waals surface area contributed by atoms with Gasteiger partial charge in [-0.25, -0.2) is 0 Å². The Kier molecular flexibility index (Phi) is 6.06. The second kappa shape index (κ2) is 8.66. The van der Waals surface area contributed by atoms with Crippen LogP contribution < -0.4 is 5.56 Å². The summed E-state index contributed by atoms with van der Waals surface area (Å²) in [6.07, 6.45) is 2.73. The van der Waals surface area contributed by atoms with Gasteiger partial charge in [0.15, 0.2) is 0 Å². The van der Waals surface area contributed by atoms with Crippen LogP contribution >= 0.6 is 0 Å². The predicted octanol–water partition coefficient (Wildman–Crippen LogP) is 2.99. The Labute approximate surface area is 158 Å². The van der Waals surface area contributed by atoms with Gasteiger partial charge in [-0.1, -0.05) is 30.3 Å². The van der Waals surface area contributed by atoms with Crippen LogP contribution in [-0.4, -0.2) is 41.0 Å². The molecule has 1 N–H and O–H groups in total. The number of rotatable bonds is 5. The number of likely N-dealkylation sites (tertiary alicyclic amines) is 1. The van der Waals surface area contributed by atoms with Crippen LogP contribution in [0.5, 0.6) is 0 Å². The third-order valence-electron chi connectivity index (χ3n) is 4.82. The molecule has 1 atom stereocenters. The maximum Gasteiger partial charge on any atom is 0.307 e. The standard InChI is InChI=1S/C21H24N2O4/c1-2-27-19(24)14-16-10-6-7-13-23(16)21(26)17-11-12-18(22-20(17)25)15-8-4-3-5-9-15/h3-5,8-9,11-12,16H,2,6-7,10,13-14H2,1H3,(H,22,25)/t16-/m0/s1. The summed E-state index contributed by atoms with van der Waals surface area (Å²) in [5.41, 5.74) is 1.23. The Morgan fingerprint density at radius 3 is 2.63 bits per heavy atom. The third-order valence-corrected chi connectivity index (χ3v) is 4.82. The summed E-state index contributed by atoms with van der Waals surface area (Å²) < 4.78 is 5.02. The monoisotopic (exact) mass is 368 g/mol. The molecular weight excluding hydrogens is 344 g/mol. The molecule has 1 saturated heterocycles. The molecule has 2 heterocycles. The fourth-order valence-electron chi connectivity index (χ4n) is 3.48. The Balaban J connectivity index is 1.81. The number of hydrogen-bond donors (Lipinski definition) is 1. The van der Waals surface area contributed by atoms with E-state index in [1.54, 1.807) is 24.0 Å². The first-order chi connectivity index (χ1) is 13.1. The summed E-state index contributed by atoms with van der Waals surface area (Å²) in [5.74, 6) is -0.639. The number of amides is 1. The molecular formula is C21H24N2O4. The van der Waals surface area contributed by atoms with Crippen molar-refractivity contribution in [3.63, 3.8) is 0 Å². The molecule has 1 fully saturated rings. The van der Waals surface area contributed by atoms with Crippen LogP contribution in [0.3, 0.4) is 0 Å². The van der Waals surface area contributed by atoms with Crippen molar-refractivity contribution in [2.75, 3.05) is 13.2 Å². The van der Waals surface area contributed by atoms with Gasteiger partial charge in [-0.2, -0.15) is 0 Å². The molecule has 142 valence electrons. The average molecular weight is 368 g/mol. The number of carbonyl (C=O) groups is 2. The maximum absolute atomic E-state index is 13.0. The molecule has 0 radical (unpaired) electrons. The largest absolute Gasteiger partial charge is 0.466 e. The normalized spacial score (nSPS) is 16.8. The van der Waals surface area contributed by atoms with Gasteiger partial charge in [-0.15, -0.1) is 0 Å². The van der Waals surface area contributed by atoms with Crippen molar-refractivity contribution < 1.29 is 14.3 Å². The van der Waals surface area contributed by atoms with E-state index in [-0.39, 0.29) is 29.9 Å². The van der Waals surface area contributed by atoms with E-state index in [0.717, 1.165) is 24.8 Å². The van der Waals surface area contributed by atoms with Crippen LogP contribution in [0, 0.1) is 0 Å². The van der Waals surface area contributed by atoms with Crippen molar-refractivity contribution in [1.29, 1.82) is 0 Å². The Morgan fingerprint density at radius 1 is 1.15 bits per heavy atom. The molecule has 0 saturated carbocycles. The zero-order valence-electron chi connectivity index (χ0n) is 15.4. The number of aromatic amines is 1. The number of piperidine rings is 1. The van der Waals surface area contributed by atoms with Gasteiger partial charge in [0.2, 0.25) is 0 Å². The molecule has 27 heavy (non-hydrogen) atoms. The molecule has 1 aliphatic heterocycles. The predicted molar refractivity (Wildman–Crippen MR) is 102 cm³/mol. The van der Waals surface area contributed by atoms with Crippen molar-refractivity contribution in [3.8, 4) is 11.3 Å². The van der Waals surface area contributed by atoms with Crippen LogP contribution in [0.25, 0.3) is 11.3 Å². The molecule has 1 aromatic carbocycles. The van der Waals surface area contributed by atoms with Crippen molar-refractivity contribution in [2.45, 2.75) is 38.6 Å². The summed E-state index contributed by atoms with van der Waals surface area (Å²) in [6, 6.07) is 12.6.